The molecule has 1 aliphatic carbocycles. The Labute approximate surface area is 236 Å². The summed E-state index contributed by atoms with van der Waals surface area (Å²) in [4.78, 5) is 20.7. The van der Waals surface area contributed by atoms with Crippen molar-refractivity contribution in [1.29, 1.82) is 0 Å². The van der Waals surface area contributed by atoms with Crippen molar-refractivity contribution in [3.05, 3.63) is 65.8 Å². The molecule has 0 radical (unpaired) electrons. The molecule has 0 bridgehead atoms. The molecule has 11 heteroatoms. The molecule has 0 saturated carbocycles. The van der Waals surface area contributed by atoms with Crippen LogP contribution in [0.3, 0.4) is 0 Å². The smallest absolute Gasteiger partial charge is 0.324 e. The minimum atomic E-state index is -0.360. The van der Waals surface area contributed by atoms with Crippen molar-refractivity contribution in [2.45, 2.75) is 38.5 Å². The van der Waals surface area contributed by atoms with E-state index in [1.54, 1.807) is 17.4 Å². The van der Waals surface area contributed by atoms with Crippen molar-refractivity contribution < 1.29 is 18.8 Å². The third kappa shape index (κ3) is 5.91. The number of anilines is 1. The topological polar surface area (TPSA) is 106 Å². The number of hydrogen-bond donors (Lipinski definition) is 2. The Balaban J connectivity index is 1.04. The molecule has 1 aliphatic heterocycles. The van der Waals surface area contributed by atoms with Crippen molar-refractivity contribution in [3.63, 3.8) is 0 Å². The van der Waals surface area contributed by atoms with Crippen molar-refractivity contribution in [1.82, 2.24) is 24.8 Å². The normalized spacial score (nSPS) is 18.3. The molecule has 2 aliphatic rings. The second kappa shape index (κ2) is 11.1. The molecule has 4 heterocycles. The first kappa shape index (κ1) is 26.5. The lowest BCUT2D eigenvalue weighted by Crippen LogP contribution is -2.38. The van der Waals surface area contributed by atoms with Crippen LogP contribution in [0.1, 0.15) is 44.6 Å². The van der Waals surface area contributed by atoms with Gasteiger partial charge in [0.2, 0.25) is 0 Å². The maximum Gasteiger partial charge on any atom is 0.324 e. The van der Waals surface area contributed by atoms with Gasteiger partial charge in [0.25, 0.3) is 0 Å². The molecular formula is C29H34N6O4S. The van der Waals surface area contributed by atoms with Gasteiger partial charge < -0.3 is 19.3 Å². The van der Waals surface area contributed by atoms with Crippen LogP contribution in [0.5, 0.6) is 5.75 Å². The van der Waals surface area contributed by atoms with E-state index in [0.717, 1.165) is 71.6 Å². The summed E-state index contributed by atoms with van der Waals surface area (Å²) in [6.07, 6.45) is 8.87. The highest BCUT2D eigenvalue weighted by Crippen LogP contribution is 2.33. The van der Waals surface area contributed by atoms with Gasteiger partial charge in [-0.05, 0) is 30.7 Å². The Morgan fingerprint density at radius 3 is 2.80 bits per heavy atom. The molecule has 10 nitrogen and oxygen atoms in total. The number of nitrogens with one attached hydrogen (secondary N) is 2. The number of aromatic nitrogens is 3. The number of rotatable bonds is 7. The van der Waals surface area contributed by atoms with Gasteiger partial charge in [0, 0.05) is 48.9 Å². The molecular weight excluding hydrogens is 528 g/mol. The molecule has 1 unspecified atom stereocenters. The summed E-state index contributed by atoms with van der Waals surface area (Å²) < 4.78 is 20.1. The van der Waals surface area contributed by atoms with E-state index in [-0.39, 0.29) is 17.4 Å². The number of benzene rings is 1. The van der Waals surface area contributed by atoms with Crippen LogP contribution in [0, 0.1) is 0 Å². The van der Waals surface area contributed by atoms with Crippen LogP contribution >= 0.6 is 11.3 Å². The molecule has 1 fully saturated rings. The van der Waals surface area contributed by atoms with E-state index < -0.39 is 0 Å². The molecule has 2 amide bonds. The van der Waals surface area contributed by atoms with E-state index in [4.69, 9.17) is 19.0 Å². The molecule has 1 atom stereocenters. The predicted molar refractivity (Wildman–Crippen MR) is 155 cm³/mol. The molecule has 1 saturated heterocycles. The van der Waals surface area contributed by atoms with E-state index in [0.29, 0.717) is 18.2 Å². The number of ether oxygens (including phenoxy) is 2. The number of carbonyl (C=O) groups excluding carboxylic acids is 1. The van der Waals surface area contributed by atoms with Gasteiger partial charge in [-0.15, -0.1) is 0 Å². The quantitative estimate of drug-likeness (QED) is 0.315. The number of imidazole rings is 1. The number of amides is 2. The molecule has 40 heavy (non-hydrogen) atoms. The highest BCUT2D eigenvalue weighted by molar-refractivity contribution is 7.23. The number of thiazole rings is 1. The SMILES string of the molecule is CC(C)(C)c1cc(NC(=O)NC2=CCC(c3cn4c(n3)sc3cc(OCCN5CCOCC5)ccc34)C=C2)no1. The first-order valence-electron chi connectivity index (χ1n) is 13.6. The number of nitrogens with zero attached hydrogens (tertiary/aromatic N) is 4. The average Bonchev–Trinajstić information content (AvgIpc) is 3.64. The largest absolute Gasteiger partial charge is 0.492 e. The van der Waals surface area contributed by atoms with Crippen LogP contribution in [0.4, 0.5) is 10.6 Å². The Morgan fingerprint density at radius 2 is 2.05 bits per heavy atom. The Hall–Kier alpha value is -3.67. The number of allylic oxidation sites excluding steroid dienone is 3. The minimum Gasteiger partial charge on any atom is -0.492 e. The molecule has 2 N–H and O–H groups in total. The van der Waals surface area contributed by atoms with Crippen molar-refractivity contribution in [3.8, 4) is 5.75 Å². The lowest BCUT2D eigenvalue weighted by molar-refractivity contribution is 0.0322. The van der Waals surface area contributed by atoms with Gasteiger partial charge in [-0.1, -0.05) is 49.4 Å². The first-order chi connectivity index (χ1) is 19.3. The lowest BCUT2D eigenvalue weighted by atomic mass is 9.93. The Morgan fingerprint density at radius 1 is 1.20 bits per heavy atom. The fourth-order valence-electron chi connectivity index (χ4n) is 4.78. The molecule has 1 aromatic carbocycles. The fourth-order valence-corrected chi connectivity index (χ4v) is 5.83. The first-order valence-corrected chi connectivity index (χ1v) is 14.4. The zero-order valence-corrected chi connectivity index (χ0v) is 23.8. The van der Waals surface area contributed by atoms with Gasteiger partial charge in [-0.25, -0.2) is 9.78 Å². The zero-order valence-electron chi connectivity index (χ0n) is 23.0. The predicted octanol–water partition coefficient (Wildman–Crippen LogP) is 5.29. The van der Waals surface area contributed by atoms with Crippen LogP contribution < -0.4 is 15.4 Å². The van der Waals surface area contributed by atoms with Gasteiger partial charge >= 0.3 is 6.03 Å². The number of hydrogen-bond acceptors (Lipinski definition) is 8. The van der Waals surface area contributed by atoms with Gasteiger partial charge in [-0.3, -0.25) is 14.6 Å². The summed E-state index contributed by atoms with van der Waals surface area (Å²) in [5.74, 6) is 2.12. The number of urea groups is 1. The maximum absolute atomic E-state index is 12.4. The van der Waals surface area contributed by atoms with E-state index in [1.165, 1.54) is 0 Å². The van der Waals surface area contributed by atoms with E-state index in [9.17, 15) is 4.79 Å². The van der Waals surface area contributed by atoms with Crippen molar-refractivity contribution in [2.24, 2.45) is 0 Å². The Bertz CT molecular complexity index is 1570. The van der Waals surface area contributed by atoms with Crippen molar-refractivity contribution >= 4 is 38.4 Å². The van der Waals surface area contributed by atoms with Crippen molar-refractivity contribution in [2.75, 3.05) is 44.8 Å². The summed E-state index contributed by atoms with van der Waals surface area (Å²) in [5, 5.41) is 9.53. The van der Waals surface area contributed by atoms with Gasteiger partial charge in [0.15, 0.2) is 10.8 Å². The summed E-state index contributed by atoms with van der Waals surface area (Å²) in [6.45, 7) is 11.2. The number of morpholine rings is 1. The zero-order chi connectivity index (χ0) is 27.7. The van der Waals surface area contributed by atoms with E-state index in [2.05, 4.69) is 49.5 Å². The van der Waals surface area contributed by atoms with Crippen LogP contribution in [-0.2, 0) is 10.2 Å². The number of carbonyl (C=O) groups is 1. The second-order valence-electron chi connectivity index (χ2n) is 11.1. The summed E-state index contributed by atoms with van der Waals surface area (Å²) in [7, 11) is 0. The van der Waals surface area contributed by atoms with Crippen LogP contribution in [0.15, 0.2) is 58.9 Å². The maximum atomic E-state index is 12.4. The molecule has 210 valence electrons. The van der Waals surface area contributed by atoms with Crippen LogP contribution in [0.2, 0.25) is 0 Å². The van der Waals surface area contributed by atoms with E-state index >= 15 is 0 Å². The monoisotopic (exact) mass is 562 g/mol. The van der Waals surface area contributed by atoms with E-state index in [1.807, 2.05) is 39.0 Å². The van der Waals surface area contributed by atoms with Crippen LogP contribution in [0.25, 0.3) is 15.2 Å². The van der Waals surface area contributed by atoms with Gasteiger partial charge in [0.1, 0.15) is 18.1 Å². The number of fused-ring (bicyclic) bond motifs is 3. The average molecular weight is 563 g/mol. The second-order valence-corrected chi connectivity index (χ2v) is 12.1. The summed E-state index contributed by atoms with van der Waals surface area (Å²) >= 11 is 1.66. The molecule has 6 rings (SSSR count). The molecule has 3 aromatic heterocycles. The Kier molecular flexibility index (Phi) is 7.35. The summed E-state index contributed by atoms with van der Waals surface area (Å²) in [5.41, 5.74) is 2.69. The summed E-state index contributed by atoms with van der Waals surface area (Å²) in [6, 6.07) is 7.62. The lowest BCUT2D eigenvalue weighted by Gasteiger charge is -2.26. The van der Waals surface area contributed by atoms with Gasteiger partial charge in [-0.2, -0.15) is 0 Å². The fraction of sp³-hybridized carbons (Fsp3) is 0.414. The minimum absolute atomic E-state index is 0.142. The highest BCUT2D eigenvalue weighted by Gasteiger charge is 2.21. The third-order valence-corrected chi connectivity index (χ3v) is 8.11. The third-order valence-electron chi connectivity index (χ3n) is 7.09. The molecule has 0 spiro atoms. The van der Waals surface area contributed by atoms with Gasteiger partial charge in [0.05, 0.1) is 29.1 Å². The standard InChI is InChI=1S/C29H34N6O4S/c1-29(2,3)25-17-26(33-39-25)32-27(36)30-20-6-4-19(5-7-20)22-18-35-23-9-8-21(16-24(23)40-28(35)31-22)38-15-12-34-10-13-37-14-11-34/h4,6-9,16-19H,5,10-15H2,1-3H3,(H2,30,32,33,36). The van der Waals surface area contributed by atoms with Crippen LogP contribution in [-0.4, -0.2) is 64.9 Å². The highest BCUT2D eigenvalue weighted by atomic mass is 32.1. The molecule has 4 aromatic rings.